The number of imidazole rings is 1. The van der Waals surface area contributed by atoms with Gasteiger partial charge in [0, 0.05) is 13.0 Å². The third-order valence-corrected chi connectivity index (χ3v) is 5.64. The van der Waals surface area contributed by atoms with Crippen molar-refractivity contribution in [2.24, 2.45) is 0 Å². The maximum absolute atomic E-state index is 12.6. The van der Waals surface area contributed by atoms with Gasteiger partial charge in [0.25, 0.3) is 5.69 Å². The average Bonchev–Trinajstić information content (AvgIpc) is 3.44. The summed E-state index contributed by atoms with van der Waals surface area (Å²) in [4.78, 5) is 34.7. The van der Waals surface area contributed by atoms with Crippen LogP contribution < -0.4 is 0 Å². The smallest absolute Gasteiger partial charge is 0.381 e. The maximum Gasteiger partial charge on any atom is 0.381 e. The van der Waals surface area contributed by atoms with Crippen LogP contribution in [0.3, 0.4) is 0 Å². The molecule has 0 amide bonds. The van der Waals surface area contributed by atoms with E-state index in [4.69, 9.17) is 8.92 Å². The number of esters is 1. The molecular formula is C17H17N7O9S. The number of benzene rings is 1. The van der Waals surface area contributed by atoms with Crippen LogP contribution >= 0.6 is 0 Å². The lowest BCUT2D eigenvalue weighted by molar-refractivity contribution is -0.389. The Balaban J connectivity index is 1.78. The number of carbonyl (C=O) groups is 1. The molecule has 1 aromatic carbocycles. The first-order chi connectivity index (χ1) is 16.1. The highest BCUT2D eigenvalue weighted by atomic mass is 32.2. The van der Waals surface area contributed by atoms with Gasteiger partial charge in [-0.2, -0.15) is 8.42 Å². The van der Waals surface area contributed by atoms with Crippen LogP contribution in [0.25, 0.3) is 0 Å². The molecule has 1 atom stereocenters. The minimum atomic E-state index is -4.54. The Hall–Kier alpha value is -4.25. The minimum absolute atomic E-state index is 0.0660. The first-order valence-corrected chi connectivity index (χ1v) is 10.8. The van der Waals surface area contributed by atoms with Gasteiger partial charge in [0.15, 0.2) is 4.90 Å². The lowest BCUT2D eigenvalue weighted by Gasteiger charge is -2.16. The summed E-state index contributed by atoms with van der Waals surface area (Å²) < 4.78 is 37.7. The number of para-hydroxylation sites is 1. The zero-order valence-corrected chi connectivity index (χ0v) is 18.3. The van der Waals surface area contributed by atoms with Crippen molar-refractivity contribution in [3.63, 3.8) is 0 Å². The fourth-order valence-corrected chi connectivity index (χ4v) is 3.85. The molecule has 3 rings (SSSR count). The maximum atomic E-state index is 12.6. The van der Waals surface area contributed by atoms with E-state index in [0.717, 1.165) is 19.1 Å². The largest absolute Gasteiger partial charge is 0.463 e. The second-order valence-electron chi connectivity index (χ2n) is 6.77. The Morgan fingerprint density at radius 2 is 1.88 bits per heavy atom. The van der Waals surface area contributed by atoms with Crippen molar-refractivity contribution in [3.05, 3.63) is 68.9 Å². The fraction of sp³-hybridized carbons (Fsp3) is 0.294. The SMILES string of the molecule is CC(=O)OCC(COS(=O)(=O)c1ccccc1[N+](=O)[O-])n1cc(Cn2cnc([N+](=O)[O-])c2)nn1. The number of hydrogen-bond acceptors (Lipinski definition) is 12. The normalized spacial score (nSPS) is 12.3. The van der Waals surface area contributed by atoms with E-state index in [2.05, 4.69) is 15.3 Å². The molecule has 0 bridgehead atoms. The fourth-order valence-electron chi connectivity index (χ4n) is 2.75. The average molecular weight is 495 g/mol. The van der Waals surface area contributed by atoms with Crippen LogP contribution in [0.15, 0.2) is 47.9 Å². The molecule has 0 aliphatic carbocycles. The van der Waals surface area contributed by atoms with Gasteiger partial charge in [-0.25, -0.2) is 4.68 Å². The molecule has 2 heterocycles. The second kappa shape index (κ2) is 10.1. The highest BCUT2D eigenvalue weighted by Gasteiger charge is 2.28. The summed E-state index contributed by atoms with van der Waals surface area (Å²) in [5, 5.41) is 29.7. The third-order valence-electron chi connectivity index (χ3n) is 4.31. The summed E-state index contributed by atoms with van der Waals surface area (Å²) in [7, 11) is -4.54. The van der Waals surface area contributed by atoms with Gasteiger partial charge in [0.1, 0.15) is 24.5 Å². The van der Waals surface area contributed by atoms with Crippen LogP contribution in [0.2, 0.25) is 0 Å². The topological polar surface area (TPSA) is 204 Å². The molecule has 0 radical (unpaired) electrons. The molecule has 17 heteroatoms. The van der Waals surface area contributed by atoms with E-state index in [1.165, 1.54) is 40.1 Å². The lowest BCUT2D eigenvalue weighted by Crippen LogP contribution is -2.24. The monoisotopic (exact) mass is 495 g/mol. The van der Waals surface area contributed by atoms with Crippen molar-refractivity contribution < 1.29 is 32.0 Å². The molecule has 0 fully saturated rings. The van der Waals surface area contributed by atoms with Crippen LogP contribution in [-0.4, -0.2) is 62.0 Å². The number of hydrogen-bond donors (Lipinski definition) is 0. The zero-order valence-electron chi connectivity index (χ0n) is 17.5. The van der Waals surface area contributed by atoms with Crippen molar-refractivity contribution in [2.75, 3.05) is 13.2 Å². The third kappa shape index (κ3) is 5.95. The van der Waals surface area contributed by atoms with E-state index < -0.39 is 49.2 Å². The minimum Gasteiger partial charge on any atom is -0.463 e. The van der Waals surface area contributed by atoms with Crippen molar-refractivity contribution in [2.45, 2.75) is 24.4 Å². The predicted octanol–water partition coefficient (Wildman–Crippen LogP) is 0.849. The van der Waals surface area contributed by atoms with Gasteiger partial charge in [0.05, 0.1) is 24.3 Å². The summed E-state index contributed by atoms with van der Waals surface area (Å²) in [6.07, 6.45) is 3.83. The molecule has 2 aromatic heterocycles. The number of nitro groups is 2. The molecule has 0 spiro atoms. The Morgan fingerprint density at radius 1 is 1.15 bits per heavy atom. The molecule has 34 heavy (non-hydrogen) atoms. The number of aromatic nitrogens is 5. The van der Waals surface area contributed by atoms with Gasteiger partial charge < -0.3 is 19.4 Å². The number of nitro benzene ring substituents is 1. The first-order valence-electron chi connectivity index (χ1n) is 9.40. The predicted molar refractivity (Wildman–Crippen MR) is 110 cm³/mol. The number of carbonyl (C=O) groups excluding carboxylic acids is 1. The van der Waals surface area contributed by atoms with E-state index in [9.17, 15) is 33.4 Å². The molecule has 0 aliphatic heterocycles. The number of nitrogens with zero attached hydrogens (tertiary/aromatic N) is 7. The Morgan fingerprint density at radius 3 is 2.53 bits per heavy atom. The number of ether oxygens (including phenoxy) is 1. The van der Waals surface area contributed by atoms with Gasteiger partial charge in [0.2, 0.25) is 6.33 Å². The van der Waals surface area contributed by atoms with E-state index in [0.29, 0.717) is 5.69 Å². The first kappa shape index (κ1) is 24.4. The molecule has 180 valence electrons. The van der Waals surface area contributed by atoms with E-state index in [1.54, 1.807) is 0 Å². The molecule has 3 aromatic rings. The summed E-state index contributed by atoms with van der Waals surface area (Å²) in [6.45, 7) is 0.305. The van der Waals surface area contributed by atoms with Crippen molar-refractivity contribution >= 4 is 27.6 Å². The van der Waals surface area contributed by atoms with Gasteiger partial charge in [-0.05, 0) is 16.0 Å². The van der Waals surface area contributed by atoms with Crippen molar-refractivity contribution in [3.8, 4) is 0 Å². The van der Waals surface area contributed by atoms with Gasteiger partial charge >= 0.3 is 21.9 Å². The highest BCUT2D eigenvalue weighted by molar-refractivity contribution is 7.87. The molecule has 0 saturated carbocycles. The van der Waals surface area contributed by atoms with Gasteiger partial charge in [-0.1, -0.05) is 17.3 Å². The molecule has 0 saturated heterocycles. The van der Waals surface area contributed by atoms with Crippen molar-refractivity contribution in [1.29, 1.82) is 0 Å². The van der Waals surface area contributed by atoms with Crippen molar-refractivity contribution in [1.82, 2.24) is 24.5 Å². The Bertz CT molecular complexity index is 1320. The van der Waals surface area contributed by atoms with E-state index in [-0.39, 0.29) is 19.0 Å². The van der Waals surface area contributed by atoms with Gasteiger partial charge in [-0.3, -0.25) is 19.1 Å². The molecule has 16 nitrogen and oxygen atoms in total. The zero-order chi connectivity index (χ0) is 24.9. The quantitative estimate of drug-likeness (QED) is 0.157. The van der Waals surface area contributed by atoms with E-state index >= 15 is 0 Å². The Labute approximate surface area is 191 Å². The van der Waals surface area contributed by atoms with Crippen LogP contribution in [-0.2, 0) is 30.4 Å². The number of rotatable bonds is 11. The van der Waals surface area contributed by atoms with Crippen LogP contribution in [0.4, 0.5) is 11.5 Å². The van der Waals surface area contributed by atoms with Crippen LogP contribution in [0.5, 0.6) is 0 Å². The lowest BCUT2D eigenvalue weighted by atomic mass is 10.3. The summed E-state index contributed by atoms with van der Waals surface area (Å²) in [5.74, 6) is -0.994. The molecule has 0 aliphatic rings. The second-order valence-corrected chi connectivity index (χ2v) is 8.35. The van der Waals surface area contributed by atoms with E-state index in [1.807, 2.05) is 0 Å². The molecular weight excluding hydrogens is 478 g/mol. The standard InChI is InChI=1S/C17H17N7O9S/c1-12(25)32-9-14(10-33-34(30,31)16-5-3-2-4-15(16)23(26)27)22-7-13(19-20-22)6-21-8-17(18-11-21)24(28)29/h2-5,7-8,11,14H,6,9-10H2,1H3. The summed E-state index contributed by atoms with van der Waals surface area (Å²) in [5.41, 5.74) is -0.321. The van der Waals surface area contributed by atoms with Gasteiger partial charge in [-0.15, -0.1) is 5.10 Å². The van der Waals surface area contributed by atoms with Crippen LogP contribution in [0, 0.1) is 20.2 Å². The summed E-state index contributed by atoms with van der Waals surface area (Å²) >= 11 is 0. The highest BCUT2D eigenvalue weighted by Crippen LogP contribution is 2.25. The Kier molecular flexibility index (Phi) is 7.27. The summed E-state index contributed by atoms with van der Waals surface area (Å²) in [6, 6.07) is 3.72. The van der Waals surface area contributed by atoms with Crippen LogP contribution in [0.1, 0.15) is 18.7 Å². The molecule has 1 unspecified atom stereocenters. The molecule has 0 N–H and O–H groups in total.